The Labute approximate surface area is 239 Å². The lowest BCUT2D eigenvalue weighted by Gasteiger charge is -2.42. The van der Waals surface area contributed by atoms with Crippen molar-refractivity contribution >= 4 is 16.7 Å². The van der Waals surface area contributed by atoms with E-state index in [4.69, 9.17) is 4.74 Å². The number of piperazine rings is 1. The number of hydrazine groups is 1. The molecule has 0 saturated carbocycles. The van der Waals surface area contributed by atoms with E-state index in [1.54, 1.807) is 0 Å². The summed E-state index contributed by atoms with van der Waals surface area (Å²) in [4.78, 5) is 17.2. The number of ether oxygens (including phenoxy) is 1. The Hall–Kier alpha value is -3.19. The number of fused-ring (bicyclic) bond motifs is 1. The van der Waals surface area contributed by atoms with E-state index < -0.39 is 41.0 Å². The molecule has 2 fully saturated rings. The standard InChI is InChI=1S/C30H32F6N4O2/c31-29(32,33)25-17-24(18-26(19-25)30(34,35)36)28(41)40-10-9-38(8-7-37-39-11-13-42-14-12-39)20-27(40)16-21-5-6-22-3-1-2-4-23(22)15-21/h1-6,15,17-19,27,37H,7-14,16,20H2. The molecule has 1 N–H and O–H groups in total. The number of morpholine rings is 1. The van der Waals surface area contributed by atoms with Crippen molar-refractivity contribution in [2.24, 2.45) is 0 Å². The molecule has 2 heterocycles. The van der Waals surface area contributed by atoms with Gasteiger partial charge in [0.15, 0.2) is 0 Å². The van der Waals surface area contributed by atoms with Crippen molar-refractivity contribution < 1.29 is 35.9 Å². The minimum atomic E-state index is -5.03. The van der Waals surface area contributed by atoms with Crippen molar-refractivity contribution in [1.82, 2.24) is 20.2 Å². The Morgan fingerprint density at radius 1 is 0.833 bits per heavy atom. The van der Waals surface area contributed by atoms with Crippen molar-refractivity contribution in [1.29, 1.82) is 0 Å². The van der Waals surface area contributed by atoms with Crippen LogP contribution in [0.1, 0.15) is 27.0 Å². The summed E-state index contributed by atoms with van der Waals surface area (Å²) in [6.07, 6.45) is -9.67. The van der Waals surface area contributed by atoms with Gasteiger partial charge in [-0.25, -0.2) is 5.01 Å². The van der Waals surface area contributed by atoms with Crippen molar-refractivity contribution in [2.75, 3.05) is 59.0 Å². The minimum Gasteiger partial charge on any atom is -0.379 e. The van der Waals surface area contributed by atoms with E-state index in [1.165, 1.54) is 4.90 Å². The molecule has 0 bridgehead atoms. The second-order valence-electron chi connectivity index (χ2n) is 10.6. The second-order valence-corrected chi connectivity index (χ2v) is 10.6. The van der Waals surface area contributed by atoms with Crippen LogP contribution in [0.15, 0.2) is 60.7 Å². The molecule has 1 amide bonds. The predicted octanol–water partition coefficient (Wildman–Crippen LogP) is 5.08. The summed E-state index contributed by atoms with van der Waals surface area (Å²) in [5.41, 5.74) is 0.670. The SMILES string of the molecule is O=C(c1cc(C(F)(F)F)cc(C(F)(F)F)c1)N1CCN(CCNN2CCOCC2)CC1Cc1ccc2ccccc2c1. The lowest BCUT2D eigenvalue weighted by atomic mass is 9.97. The van der Waals surface area contributed by atoms with E-state index in [0.29, 0.717) is 57.9 Å². The van der Waals surface area contributed by atoms with Crippen LogP contribution < -0.4 is 5.43 Å². The number of benzene rings is 3. The molecular weight excluding hydrogens is 562 g/mol. The highest BCUT2D eigenvalue weighted by molar-refractivity contribution is 5.95. The molecule has 0 aliphatic carbocycles. The molecule has 226 valence electrons. The van der Waals surface area contributed by atoms with Crippen LogP contribution in [-0.4, -0.2) is 85.8 Å². The van der Waals surface area contributed by atoms with Crippen molar-refractivity contribution in [3.63, 3.8) is 0 Å². The third-order valence-electron chi connectivity index (χ3n) is 7.72. The number of halogens is 6. The number of carbonyl (C=O) groups excluding carboxylic acids is 1. The van der Waals surface area contributed by atoms with E-state index in [9.17, 15) is 31.1 Å². The summed E-state index contributed by atoms with van der Waals surface area (Å²) in [7, 11) is 0. The normalized spacial score (nSPS) is 19.4. The van der Waals surface area contributed by atoms with Crippen molar-refractivity contribution in [3.8, 4) is 0 Å². The molecule has 2 saturated heterocycles. The fourth-order valence-electron chi connectivity index (χ4n) is 5.53. The third-order valence-corrected chi connectivity index (χ3v) is 7.72. The van der Waals surface area contributed by atoms with Gasteiger partial charge in [0, 0.05) is 57.4 Å². The molecule has 2 aliphatic heterocycles. The smallest absolute Gasteiger partial charge is 0.379 e. The third kappa shape index (κ3) is 7.41. The zero-order valence-corrected chi connectivity index (χ0v) is 22.8. The highest BCUT2D eigenvalue weighted by atomic mass is 19.4. The Bertz CT molecular complexity index is 1360. The van der Waals surface area contributed by atoms with Gasteiger partial charge < -0.3 is 9.64 Å². The highest BCUT2D eigenvalue weighted by Gasteiger charge is 2.39. The number of nitrogens with zero attached hydrogens (tertiary/aromatic N) is 3. The van der Waals surface area contributed by atoms with Crippen LogP contribution >= 0.6 is 0 Å². The highest BCUT2D eigenvalue weighted by Crippen LogP contribution is 2.37. The summed E-state index contributed by atoms with van der Waals surface area (Å²) < 4.78 is 86.5. The molecule has 3 aromatic carbocycles. The van der Waals surface area contributed by atoms with Gasteiger partial charge in [0.2, 0.25) is 0 Å². The van der Waals surface area contributed by atoms with Crippen LogP contribution in [0.4, 0.5) is 26.3 Å². The maximum atomic E-state index is 13.6. The molecule has 5 rings (SSSR count). The van der Waals surface area contributed by atoms with Crippen LogP contribution in [0.25, 0.3) is 10.8 Å². The van der Waals surface area contributed by atoms with Crippen molar-refractivity contribution in [3.05, 3.63) is 82.9 Å². The first-order valence-electron chi connectivity index (χ1n) is 13.8. The lowest BCUT2D eigenvalue weighted by Crippen LogP contribution is -2.57. The number of alkyl halides is 6. The van der Waals surface area contributed by atoms with Gasteiger partial charge in [0.05, 0.1) is 24.3 Å². The zero-order chi connectivity index (χ0) is 29.9. The quantitative estimate of drug-likeness (QED) is 0.387. The van der Waals surface area contributed by atoms with Gasteiger partial charge >= 0.3 is 12.4 Å². The monoisotopic (exact) mass is 594 g/mol. The van der Waals surface area contributed by atoms with Gasteiger partial charge in [-0.1, -0.05) is 42.5 Å². The summed E-state index contributed by atoms with van der Waals surface area (Å²) in [5.74, 6) is -0.844. The molecule has 0 spiro atoms. The molecule has 42 heavy (non-hydrogen) atoms. The van der Waals surface area contributed by atoms with Crippen LogP contribution in [0.2, 0.25) is 0 Å². The molecule has 1 atom stereocenters. The molecule has 1 unspecified atom stereocenters. The second kappa shape index (κ2) is 12.6. The Balaban J connectivity index is 1.39. The number of rotatable bonds is 7. The number of carbonyl (C=O) groups is 1. The molecule has 0 aromatic heterocycles. The molecular formula is C30H32F6N4O2. The van der Waals surface area contributed by atoms with E-state index in [0.717, 1.165) is 29.4 Å². The first-order chi connectivity index (χ1) is 20.0. The van der Waals surface area contributed by atoms with E-state index in [2.05, 4.69) is 15.3 Å². The average Bonchev–Trinajstić information content (AvgIpc) is 2.96. The van der Waals surface area contributed by atoms with E-state index >= 15 is 0 Å². The predicted molar refractivity (Wildman–Crippen MR) is 146 cm³/mol. The molecule has 6 nitrogen and oxygen atoms in total. The summed E-state index contributed by atoms with van der Waals surface area (Å²) in [5, 5.41) is 4.13. The van der Waals surface area contributed by atoms with Gasteiger partial charge in [-0.15, -0.1) is 0 Å². The van der Waals surface area contributed by atoms with E-state index in [1.807, 2.05) is 42.5 Å². The Kier molecular flexibility index (Phi) is 9.07. The number of nitrogens with one attached hydrogen (secondary N) is 1. The topological polar surface area (TPSA) is 48.1 Å². The minimum absolute atomic E-state index is 0.0444. The average molecular weight is 595 g/mol. The Morgan fingerprint density at radius 3 is 2.17 bits per heavy atom. The molecule has 12 heteroatoms. The Morgan fingerprint density at radius 2 is 1.50 bits per heavy atom. The summed E-state index contributed by atoms with van der Waals surface area (Å²) in [6, 6.07) is 14.3. The van der Waals surface area contributed by atoms with Crippen LogP contribution in [0.5, 0.6) is 0 Å². The fourth-order valence-corrected chi connectivity index (χ4v) is 5.53. The molecule has 3 aromatic rings. The first kappa shape index (κ1) is 30.3. The molecule has 2 aliphatic rings. The zero-order valence-electron chi connectivity index (χ0n) is 22.8. The summed E-state index contributed by atoms with van der Waals surface area (Å²) >= 11 is 0. The van der Waals surface area contributed by atoms with Gasteiger partial charge in [-0.05, 0) is 41.0 Å². The number of hydrogen-bond donors (Lipinski definition) is 1. The number of amides is 1. The molecule has 0 radical (unpaired) electrons. The first-order valence-corrected chi connectivity index (χ1v) is 13.8. The number of hydrogen-bond acceptors (Lipinski definition) is 5. The van der Waals surface area contributed by atoms with Gasteiger partial charge in [0.25, 0.3) is 5.91 Å². The fraction of sp³-hybridized carbons (Fsp3) is 0.433. The van der Waals surface area contributed by atoms with Gasteiger partial charge in [-0.2, -0.15) is 26.3 Å². The van der Waals surface area contributed by atoms with Crippen molar-refractivity contribution in [2.45, 2.75) is 24.8 Å². The van der Waals surface area contributed by atoms with Crippen LogP contribution in [-0.2, 0) is 23.5 Å². The maximum absolute atomic E-state index is 13.6. The van der Waals surface area contributed by atoms with Gasteiger partial charge in [-0.3, -0.25) is 15.1 Å². The summed E-state index contributed by atoms with van der Waals surface area (Å²) in [6.45, 7) is 5.18. The maximum Gasteiger partial charge on any atom is 0.416 e. The van der Waals surface area contributed by atoms with Crippen LogP contribution in [0, 0.1) is 0 Å². The van der Waals surface area contributed by atoms with Crippen LogP contribution in [0.3, 0.4) is 0 Å². The van der Waals surface area contributed by atoms with Gasteiger partial charge in [0.1, 0.15) is 0 Å². The largest absolute Gasteiger partial charge is 0.416 e. The van der Waals surface area contributed by atoms with E-state index in [-0.39, 0.29) is 12.6 Å². The lowest BCUT2D eigenvalue weighted by molar-refractivity contribution is -0.143.